The Morgan fingerprint density at radius 2 is 1.53 bits per heavy atom. The molecule has 0 saturated carbocycles. The van der Waals surface area contributed by atoms with Crippen molar-refractivity contribution in [3.8, 4) is 11.3 Å². The number of carbonyl (C=O) groups is 1. The monoisotopic (exact) mass is 832 g/mol. The summed E-state index contributed by atoms with van der Waals surface area (Å²) >= 11 is 0. The Kier molecular flexibility index (Phi) is 11.4. The average Bonchev–Trinajstić information content (AvgIpc) is 3.73. The number of hydrogen-bond acceptors (Lipinski definition) is 6. The maximum atomic E-state index is 11.7. The molecule has 0 spiro atoms. The molecule has 1 N–H and O–H groups in total. The summed E-state index contributed by atoms with van der Waals surface area (Å²) in [6, 6.07) is 26.6. The van der Waals surface area contributed by atoms with Crippen LogP contribution in [-0.2, 0) is 24.9 Å². The van der Waals surface area contributed by atoms with E-state index in [0.29, 0.717) is 22.7 Å². The van der Waals surface area contributed by atoms with Crippen LogP contribution in [0.4, 0.5) is 0 Å². The van der Waals surface area contributed by atoms with E-state index in [4.69, 9.17) is 13.8 Å². The summed E-state index contributed by atoms with van der Waals surface area (Å²) in [5.74, 6) is 0.901. The molecule has 0 atom stereocenters. The van der Waals surface area contributed by atoms with Gasteiger partial charge in [-0.1, -0.05) is 101 Å². The molecule has 7 rings (SSSR count). The van der Waals surface area contributed by atoms with Gasteiger partial charge in [-0.15, -0.1) is 29.1 Å². The molecule has 6 nitrogen and oxygen atoms in total. The van der Waals surface area contributed by atoms with Gasteiger partial charge >= 0.3 is 0 Å². The predicted molar refractivity (Wildman–Crippen MR) is 196 cm³/mol. The fraction of sp³-hybridized carbons (Fsp3) is 0.310. The van der Waals surface area contributed by atoms with Gasteiger partial charge in [-0.3, -0.25) is 4.79 Å². The van der Waals surface area contributed by atoms with Crippen molar-refractivity contribution in [1.82, 2.24) is 9.97 Å². The van der Waals surface area contributed by atoms with Crippen molar-refractivity contribution in [2.24, 2.45) is 11.8 Å². The number of rotatable bonds is 9. The fourth-order valence-electron chi connectivity index (χ4n) is 6.70. The number of pyridine rings is 1. The van der Waals surface area contributed by atoms with Crippen molar-refractivity contribution in [2.45, 2.75) is 73.1 Å². The van der Waals surface area contributed by atoms with Crippen molar-refractivity contribution in [2.75, 3.05) is 0 Å². The van der Waals surface area contributed by atoms with Gasteiger partial charge < -0.3 is 13.9 Å². The van der Waals surface area contributed by atoms with Crippen LogP contribution in [0, 0.1) is 17.9 Å². The van der Waals surface area contributed by atoms with Crippen LogP contribution in [0.2, 0.25) is 0 Å². The first-order valence-corrected chi connectivity index (χ1v) is 17.2. The van der Waals surface area contributed by atoms with E-state index < -0.39 is 0 Å². The van der Waals surface area contributed by atoms with Gasteiger partial charge in [0, 0.05) is 48.8 Å². The third kappa shape index (κ3) is 6.92. The van der Waals surface area contributed by atoms with Crippen LogP contribution in [0.25, 0.3) is 66.0 Å². The van der Waals surface area contributed by atoms with E-state index in [-0.39, 0.29) is 43.5 Å². The smallest absolute Gasteiger partial charge is 0.240 e. The van der Waals surface area contributed by atoms with Crippen LogP contribution >= 0.6 is 0 Å². The molecule has 0 aliphatic heterocycles. The number of ketones is 1. The maximum absolute atomic E-state index is 11.7. The average molecular weight is 832 g/mol. The molecule has 3 heterocycles. The molecule has 4 aromatic carbocycles. The summed E-state index contributed by atoms with van der Waals surface area (Å²) in [6.07, 6.45) is 6.36. The van der Waals surface area contributed by atoms with Gasteiger partial charge in [0.25, 0.3) is 0 Å². The van der Waals surface area contributed by atoms with E-state index in [1.807, 2.05) is 45.9 Å². The van der Waals surface area contributed by atoms with Gasteiger partial charge in [0.05, 0.1) is 16.8 Å². The summed E-state index contributed by atoms with van der Waals surface area (Å²) in [5, 5.41) is 16.2. The zero-order valence-corrected chi connectivity index (χ0v) is 31.4. The second-order valence-electron chi connectivity index (χ2n) is 12.8. The summed E-state index contributed by atoms with van der Waals surface area (Å²) in [6.45, 7) is 12.5. The molecule has 1 radical (unpaired) electrons. The topological polar surface area (TPSA) is 89.4 Å². The van der Waals surface area contributed by atoms with E-state index in [9.17, 15) is 9.90 Å². The molecule has 0 amide bonds. The first-order chi connectivity index (χ1) is 23.3. The third-order valence-electron chi connectivity index (χ3n) is 9.56. The SMILES string of the molecule is CC(C)c1cc(-c2nc3ocnc3c3c2oc2c4ccccc4ccc23)[c-]c2ccccc12.CCC(CC)C(=O)/C=C(\O)C(CC)CC.[Ir]. The molecule has 7 aromatic rings. The number of nitrogens with zero attached hydrogens (tertiary/aromatic N) is 2. The molecule has 49 heavy (non-hydrogen) atoms. The molecule has 0 aliphatic carbocycles. The second kappa shape index (κ2) is 15.5. The standard InChI is InChI=1S/C29H19N2O2.C13H24O2.Ir/c1-16(2)23-14-19(13-18-8-4-5-9-20(18)23)25-28-24(26-29(31-25)32-15-30-26)22-12-11-17-7-3-6-10-21(17)27(22)33-28;1-5-10(6-2)12(14)9-13(15)11(7-3)8-4;/h3-12,14-16H,1-2H3;9-11,14H,5-8H2,1-4H3;/q-1;;/b;12-9-;. The van der Waals surface area contributed by atoms with Crippen molar-refractivity contribution < 1.29 is 38.8 Å². The van der Waals surface area contributed by atoms with Crippen LogP contribution < -0.4 is 0 Å². The van der Waals surface area contributed by atoms with Gasteiger partial charge in [0.1, 0.15) is 16.7 Å². The Bertz CT molecular complexity index is 2270. The minimum absolute atomic E-state index is 0. The number of aromatic nitrogens is 2. The van der Waals surface area contributed by atoms with Crippen molar-refractivity contribution in [1.29, 1.82) is 0 Å². The number of aliphatic hydroxyl groups excluding tert-OH is 1. The normalized spacial score (nSPS) is 12.1. The van der Waals surface area contributed by atoms with E-state index in [2.05, 4.69) is 73.4 Å². The summed E-state index contributed by atoms with van der Waals surface area (Å²) < 4.78 is 12.3. The molecule has 0 saturated heterocycles. The molecular formula is C42H43IrN2O4-. The number of allylic oxidation sites excluding steroid dienone is 2. The number of fused-ring (bicyclic) bond motifs is 8. The minimum atomic E-state index is 0. The number of benzene rings is 4. The first-order valence-electron chi connectivity index (χ1n) is 17.2. The number of furan rings is 1. The number of hydrogen-bond donors (Lipinski definition) is 1. The summed E-state index contributed by atoms with van der Waals surface area (Å²) in [4.78, 5) is 21.1. The Balaban J connectivity index is 0.000000252. The van der Waals surface area contributed by atoms with Crippen molar-refractivity contribution in [3.05, 3.63) is 96.6 Å². The van der Waals surface area contributed by atoms with Crippen LogP contribution in [0.3, 0.4) is 0 Å². The van der Waals surface area contributed by atoms with E-state index in [1.165, 1.54) is 23.4 Å². The molecule has 0 fully saturated rings. The molecule has 0 aliphatic rings. The fourth-order valence-corrected chi connectivity index (χ4v) is 6.70. The Morgan fingerprint density at radius 1 is 0.857 bits per heavy atom. The maximum Gasteiger partial charge on any atom is 0.240 e. The van der Waals surface area contributed by atoms with E-state index in [0.717, 1.165) is 69.5 Å². The minimum Gasteiger partial charge on any atom is -0.512 e. The van der Waals surface area contributed by atoms with Crippen molar-refractivity contribution in [3.63, 3.8) is 0 Å². The Morgan fingerprint density at radius 3 is 2.22 bits per heavy atom. The largest absolute Gasteiger partial charge is 0.512 e. The van der Waals surface area contributed by atoms with E-state index >= 15 is 0 Å². The summed E-state index contributed by atoms with van der Waals surface area (Å²) in [7, 11) is 0. The Labute approximate surface area is 301 Å². The first kappa shape index (κ1) is 36.0. The third-order valence-corrected chi connectivity index (χ3v) is 9.56. The molecular weight excluding hydrogens is 789 g/mol. The van der Waals surface area contributed by atoms with Crippen LogP contribution in [0.15, 0.2) is 93.8 Å². The van der Waals surface area contributed by atoms with Crippen LogP contribution in [0.1, 0.15) is 78.7 Å². The molecule has 0 unspecified atom stereocenters. The second-order valence-corrected chi connectivity index (χ2v) is 12.8. The molecule has 7 heteroatoms. The Hall–Kier alpha value is -4.32. The van der Waals surface area contributed by atoms with Crippen LogP contribution in [0.5, 0.6) is 0 Å². The quantitative estimate of drug-likeness (QED) is 0.0885. The number of oxazole rings is 1. The number of carbonyl (C=O) groups excluding carboxylic acids is 1. The number of aliphatic hydroxyl groups is 1. The van der Waals surface area contributed by atoms with Gasteiger partial charge in [-0.05, 0) is 43.1 Å². The van der Waals surface area contributed by atoms with Gasteiger partial charge in [0.2, 0.25) is 5.71 Å². The summed E-state index contributed by atoms with van der Waals surface area (Å²) in [5.41, 5.74) is 5.64. The molecule has 3 aromatic heterocycles. The molecule has 255 valence electrons. The van der Waals surface area contributed by atoms with Crippen LogP contribution in [-0.4, -0.2) is 20.9 Å². The zero-order chi connectivity index (χ0) is 33.9. The predicted octanol–water partition coefficient (Wildman–Crippen LogP) is 11.9. The molecule has 0 bridgehead atoms. The van der Waals surface area contributed by atoms with Gasteiger partial charge in [0.15, 0.2) is 12.2 Å². The van der Waals surface area contributed by atoms with E-state index in [1.54, 1.807) is 0 Å². The van der Waals surface area contributed by atoms with Crippen molar-refractivity contribution >= 4 is 60.5 Å². The zero-order valence-electron chi connectivity index (χ0n) is 29.0. The van der Waals surface area contributed by atoms with Gasteiger partial charge in [-0.2, -0.15) is 0 Å². The van der Waals surface area contributed by atoms with Gasteiger partial charge in [-0.25, -0.2) is 9.97 Å².